The van der Waals surface area contributed by atoms with Crippen LogP contribution in [0.2, 0.25) is 0 Å². The minimum Gasteiger partial charge on any atom is -0.447 e. The van der Waals surface area contributed by atoms with Crippen LogP contribution in [0.4, 0.5) is 10.5 Å². The van der Waals surface area contributed by atoms with Crippen molar-refractivity contribution in [3.63, 3.8) is 0 Å². The molecule has 0 aliphatic carbocycles. The summed E-state index contributed by atoms with van der Waals surface area (Å²) in [7, 11) is 1.90. The van der Waals surface area contributed by atoms with Crippen molar-refractivity contribution in [1.82, 2.24) is 5.32 Å². The minimum atomic E-state index is -0.253. The molecule has 1 saturated heterocycles. The first kappa shape index (κ1) is 9.98. The van der Waals surface area contributed by atoms with Crippen LogP contribution in [0.3, 0.4) is 0 Å². The summed E-state index contributed by atoms with van der Waals surface area (Å²) in [5, 5.41) is 3.08. The van der Waals surface area contributed by atoms with E-state index in [0.29, 0.717) is 13.2 Å². The van der Waals surface area contributed by atoms with Gasteiger partial charge in [-0.25, -0.2) is 4.79 Å². The second-order valence-electron chi connectivity index (χ2n) is 3.47. The lowest BCUT2D eigenvalue weighted by Gasteiger charge is -2.13. The highest BCUT2D eigenvalue weighted by Crippen LogP contribution is 2.19. The van der Waals surface area contributed by atoms with E-state index in [1.165, 1.54) is 0 Å². The van der Waals surface area contributed by atoms with Crippen LogP contribution in [0.25, 0.3) is 0 Å². The molecule has 0 aromatic heterocycles. The molecule has 1 N–H and O–H groups in total. The van der Waals surface area contributed by atoms with Crippen LogP contribution in [0.15, 0.2) is 24.3 Å². The van der Waals surface area contributed by atoms with E-state index in [0.717, 1.165) is 17.8 Å². The van der Waals surface area contributed by atoms with Crippen molar-refractivity contribution in [2.45, 2.75) is 6.54 Å². The van der Waals surface area contributed by atoms with E-state index in [-0.39, 0.29) is 6.09 Å². The zero-order chi connectivity index (χ0) is 10.7. The number of nitrogens with zero attached hydrogens (tertiary/aromatic N) is 1. The van der Waals surface area contributed by atoms with Gasteiger partial charge in [-0.1, -0.05) is 12.1 Å². The summed E-state index contributed by atoms with van der Waals surface area (Å²) in [6.07, 6.45) is -0.253. The van der Waals surface area contributed by atoms with Crippen molar-refractivity contribution in [3.8, 4) is 0 Å². The standard InChI is InChI=1S/C11H14N2O2/c1-12-8-9-3-2-4-10(7-9)13-5-6-15-11(13)14/h2-4,7,12H,5-6,8H2,1H3. The van der Waals surface area contributed by atoms with Crippen molar-refractivity contribution >= 4 is 11.8 Å². The molecule has 0 spiro atoms. The van der Waals surface area contributed by atoms with Gasteiger partial charge in [-0.15, -0.1) is 0 Å². The summed E-state index contributed by atoms with van der Waals surface area (Å²) in [4.78, 5) is 13.0. The van der Waals surface area contributed by atoms with Crippen LogP contribution < -0.4 is 10.2 Å². The van der Waals surface area contributed by atoms with Gasteiger partial charge in [0.2, 0.25) is 0 Å². The normalized spacial score (nSPS) is 15.5. The molecule has 1 aliphatic heterocycles. The van der Waals surface area contributed by atoms with Gasteiger partial charge in [0, 0.05) is 12.2 Å². The Hall–Kier alpha value is -1.55. The quantitative estimate of drug-likeness (QED) is 0.812. The number of hydrogen-bond donors (Lipinski definition) is 1. The van der Waals surface area contributed by atoms with Crippen LogP contribution in [0.5, 0.6) is 0 Å². The maximum atomic E-state index is 11.3. The van der Waals surface area contributed by atoms with E-state index in [1.807, 2.05) is 31.3 Å². The fourth-order valence-electron chi connectivity index (χ4n) is 1.67. The molecule has 0 atom stereocenters. The first-order valence-corrected chi connectivity index (χ1v) is 4.99. The average Bonchev–Trinajstić information content (AvgIpc) is 2.65. The number of hydrogen-bond acceptors (Lipinski definition) is 3. The number of benzene rings is 1. The smallest absolute Gasteiger partial charge is 0.414 e. The number of rotatable bonds is 3. The van der Waals surface area contributed by atoms with Crippen LogP contribution in [-0.4, -0.2) is 26.3 Å². The number of anilines is 1. The Morgan fingerprint density at radius 2 is 2.40 bits per heavy atom. The molecule has 0 bridgehead atoms. The number of carbonyl (C=O) groups is 1. The van der Waals surface area contributed by atoms with Gasteiger partial charge in [0.15, 0.2) is 0 Å². The lowest BCUT2D eigenvalue weighted by molar-refractivity contribution is 0.181. The zero-order valence-electron chi connectivity index (χ0n) is 8.69. The lowest BCUT2D eigenvalue weighted by atomic mass is 10.2. The molecule has 1 heterocycles. The second-order valence-corrected chi connectivity index (χ2v) is 3.47. The Morgan fingerprint density at radius 1 is 1.53 bits per heavy atom. The molecule has 0 radical (unpaired) electrons. The molecule has 2 rings (SSSR count). The molecular formula is C11H14N2O2. The number of amides is 1. The summed E-state index contributed by atoms with van der Waals surface area (Å²) in [5.74, 6) is 0. The number of ether oxygens (including phenoxy) is 1. The molecule has 1 fully saturated rings. The Balaban J connectivity index is 2.20. The van der Waals surface area contributed by atoms with Gasteiger partial charge < -0.3 is 10.1 Å². The zero-order valence-corrected chi connectivity index (χ0v) is 8.69. The predicted molar refractivity (Wildman–Crippen MR) is 57.9 cm³/mol. The Labute approximate surface area is 88.8 Å². The molecule has 4 nitrogen and oxygen atoms in total. The van der Waals surface area contributed by atoms with E-state index in [1.54, 1.807) is 4.90 Å². The first-order chi connectivity index (χ1) is 7.31. The average molecular weight is 206 g/mol. The van der Waals surface area contributed by atoms with Crippen molar-refractivity contribution in [2.75, 3.05) is 25.1 Å². The van der Waals surface area contributed by atoms with E-state index >= 15 is 0 Å². The van der Waals surface area contributed by atoms with Crippen LogP contribution in [0.1, 0.15) is 5.56 Å². The molecule has 1 aromatic carbocycles. The Kier molecular flexibility index (Phi) is 2.87. The van der Waals surface area contributed by atoms with E-state index in [2.05, 4.69) is 5.32 Å². The third-order valence-corrected chi connectivity index (χ3v) is 2.36. The molecule has 1 aliphatic rings. The molecule has 4 heteroatoms. The van der Waals surface area contributed by atoms with Gasteiger partial charge in [-0.2, -0.15) is 0 Å². The summed E-state index contributed by atoms with van der Waals surface area (Å²) < 4.78 is 4.89. The van der Waals surface area contributed by atoms with E-state index in [4.69, 9.17) is 4.74 Å². The van der Waals surface area contributed by atoms with E-state index < -0.39 is 0 Å². The number of nitrogens with one attached hydrogen (secondary N) is 1. The predicted octanol–water partition coefficient (Wildman–Crippen LogP) is 1.36. The summed E-state index contributed by atoms with van der Waals surface area (Å²) in [6.45, 7) is 1.92. The highest BCUT2D eigenvalue weighted by molar-refractivity contribution is 5.89. The maximum Gasteiger partial charge on any atom is 0.414 e. The van der Waals surface area contributed by atoms with Crippen LogP contribution in [-0.2, 0) is 11.3 Å². The van der Waals surface area contributed by atoms with Gasteiger partial charge in [0.05, 0.1) is 6.54 Å². The molecule has 80 valence electrons. The van der Waals surface area contributed by atoms with Crippen molar-refractivity contribution < 1.29 is 9.53 Å². The first-order valence-electron chi connectivity index (χ1n) is 4.99. The fraction of sp³-hybridized carbons (Fsp3) is 0.364. The van der Waals surface area contributed by atoms with Crippen molar-refractivity contribution in [3.05, 3.63) is 29.8 Å². The van der Waals surface area contributed by atoms with Gasteiger partial charge in [-0.3, -0.25) is 4.90 Å². The van der Waals surface area contributed by atoms with Gasteiger partial charge in [0.1, 0.15) is 6.61 Å². The Bertz CT molecular complexity index is 365. The topological polar surface area (TPSA) is 41.6 Å². The van der Waals surface area contributed by atoms with E-state index in [9.17, 15) is 4.79 Å². The SMILES string of the molecule is CNCc1cccc(N2CCOC2=O)c1. The summed E-state index contributed by atoms with van der Waals surface area (Å²) in [6, 6.07) is 7.91. The summed E-state index contributed by atoms with van der Waals surface area (Å²) >= 11 is 0. The van der Waals surface area contributed by atoms with Gasteiger partial charge in [0.25, 0.3) is 0 Å². The molecule has 1 aromatic rings. The van der Waals surface area contributed by atoms with Crippen LogP contribution in [0, 0.1) is 0 Å². The summed E-state index contributed by atoms with van der Waals surface area (Å²) in [5.41, 5.74) is 2.07. The number of carbonyl (C=O) groups excluding carboxylic acids is 1. The molecular weight excluding hydrogens is 192 g/mol. The minimum absolute atomic E-state index is 0.253. The second kappa shape index (κ2) is 4.31. The van der Waals surface area contributed by atoms with Gasteiger partial charge >= 0.3 is 6.09 Å². The highest BCUT2D eigenvalue weighted by Gasteiger charge is 2.23. The monoisotopic (exact) mass is 206 g/mol. The molecule has 0 unspecified atom stereocenters. The number of cyclic esters (lactones) is 1. The lowest BCUT2D eigenvalue weighted by Crippen LogP contribution is -2.23. The molecule has 1 amide bonds. The van der Waals surface area contributed by atoms with Crippen molar-refractivity contribution in [2.24, 2.45) is 0 Å². The third kappa shape index (κ3) is 2.10. The third-order valence-electron chi connectivity index (χ3n) is 2.36. The van der Waals surface area contributed by atoms with Gasteiger partial charge in [-0.05, 0) is 24.7 Å². The Morgan fingerprint density at radius 3 is 3.07 bits per heavy atom. The van der Waals surface area contributed by atoms with Crippen LogP contribution >= 0.6 is 0 Å². The van der Waals surface area contributed by atoms with Crippen molar-refractivity contribution in [1.29, 1.82) is 0 Å². The molecule has 0 saturated carbocycles. The largest absolute Gasteiger partial charge is 0.447 e. The highest BCUT2D eigenvalue weighted by atomic mass is 16.6. The fourth-order valence-corrected chi connectivity index (χ4v) is 1.67. The maximum absolute atomic E-state index is 11.3. The molecule has 15 heavy (non-hydrogen) atoms.